The van der Waals surface area contributed by atoms with E-state index in [1.807, 2.05) is 48.6 Å². The Hall–Kier alpha value is -2.64. The first-order chi connectivity index (χ1) is 9.65. The van der Waals surface area contributed by atoms with Crippen LogP contribution < -0.4 is 0 Å². The van der Waals surface area contributed by atoms with Crippen molar-refractivity contribution in [3.05, 3.63) is 66.3 Å². The fourth-order valence-electron chi connectivity index (χ4n) is 1.04. The highest BCUT2D eigenvalue weighted by molar-refractivity contribution is 5.86. The van der Waals surface area contributed by atoms with Gasteiger partial charge in [0.1, 0.15) is 0 Å². The maximum Gasteiger partial charge on any atom is 0.368 e. The molecule has 0 aliphatic heterocycles. The smallest absolute Gasteiger partial charge is 0.296 e. The molecule has 1 N–H and O–H groups in total. The minimum absolute atomic E-state index is 0.271. The van der Waals surface area contributed by atoms with E-state index in [1.54, 1.807) is 13.0 Å². The zero-order valence-electron chi connectivity index (χ0n) is 11.3. The van der Waals surface area contributed by atoms with Gasteiger partial charge in [0.25, 0.3) is 0 Å². The van der Waals surface area contributed by atoms with Crippen LogP contribution in [0.4, 0.5) is 0 Å². The first kappa shape index (κ1) is 17.4. The van der Waals surface area contributed by atoms with Crippen LogP contribution in [0.5, 0.6) is 0 Å². The normalized spacial score (nSPS) is 9.65. The van der Waals surface area contributed by atoms with Crippen LogP contribution in [0.25, 0.3) is 6.08 Å². The summed E-state index contributed by atoms with van der Waals surface area (Å²) in [5.74, 6) is -0.757. The van der Waals surface area contributed by atoms with Crippen LogP contribution in [0.1, 0.15) is 18.9 Å². The summed E-state index contributed by atoms with van der Waals surface area (Å²) >= 11 is 0. The Morgan fingerprint density at radius 1 is 1.40 bits per heavy atom. The monoisotopic (exact) mass is 271 g/mol. The van der Waals surface area contributed by atoms with Crippen molar-refractivity contribution in [2.24, 2.45) is 0 Å². The van der Waals surface area contributed by atoms with E-state index in [-0.39, 0.29) is 5.57 Å². The average Bonchev–Trinajstić information content (AvgIpc) is 2.51. The molecular weight excluding hydrogens is 254 g/mol. The predicted octanol–water partition coefficient (Wildman–Crippen LogP) is 3.75. The highest BCUT2D eigenvalue weighted by atomic mass is 17.1. The molecule has 0 unspecified atom stereocenters. The molecule has 1 aromatic carbocycles. The van der Waals surface area contributed by atoms with Gasteiger partial charge < -0.3 is 0 Å². The second kappa shape index (κ2) is 11.5. The number of carbonyl (C=O) groups is 1. The van der Waals surface area contributed by atoms with E-state index >= 15 is 0 Å². The Kier molecular flexibility index (Phi) is 9.94. The summed E-state index contributed by atoms with van der Waals surface area (Å²) < 4.78 is 0. The van der Waals surface area contributed by atoms with Crippen LogP contribution >= 0.6 is 0 Å². The van der Waals surface area contributed by atoms with Gasteiger partial charge in [-0.1, -0.05) is 62.1 Å². The molecule has 4 nitrogen and oxygen atoms in total. The van der Waals surface area contributed by atoms with Crippen LogP contribution in [-0.4, -0.2) is 11.2 Å². The quantitative estimate of drug-likeness (QED) is 0.298. The number of nitriles is 1. The molecule has 0 aliphatic rings. The van der Waals surface area contributed by atoms with Gasteiger partial charge in [0.2, 0.25) is 0 Å². The number of hydrogen-bond donors (Lipinski definition) is 1. The Bertz CT molecular complexity index is 496. The molecule has 4 heteroatoms. The topological polar surface area (TPSA) is 70.3 Å². The molecule has 0 heterocycles. The lowest BCUT2D eigenvalue weighted by Gasteiger charge is -1.93. The van der Waals surface area contributed by atoms with Gasteiger partial charge in [0.05, 0.1) is 6.07 Å². The van der Waals surface area contributed by atoms with Crippen LogP contribution in [0.15, 0.2) is 60.7 Å². The molecule has 0 bridgehead atoms. The van der Waals surface area contributed by atoms with Crippen molar-refractivity contribution in [3.63, 3.8) is 0 Å². The molecule has 1 rings (SSSR count). The Morgan fingerprint density at radius 3 is 2.50 bits per heavy atom. The summed E-state index contributed by atoms with van der Waals surface area (Å²) in [7, 11) is 0. The summed E-state index contributed by atoms with van der Waals surface area (Å²) in [6.45, 7) is 5.06. The van der Waals surface area contributed by atoms with Crippen molar-refractivity contribution in [2.45, 2.75) is 13.3 Å². The van der Waals surface area contributed by atoms with E-state index < -0.39 is 5.97 Å². The van der Waals surface area contributed by atoms with E-state index in [2.05, 4.69) is 11.5 Å². The van der Waals surface area contributed by atoms with Crippen LogP contribution in [-0.2, 0) is 9.68 Å². The number of carbonyl (C=O) groups excluding carboxylic acids is 1. The Morgan fingerprint density at radius 2 is 2.05 bits per heavy atom. The van der Waals surface area contributed by atoms with E-state index in [0.29, 0.717) is 6.42 Å². The first-order valence-corrected chi connectivity index (χ1v) is 5.97. The van der Waals surface area contributed by atoms with Gasteiger partial charge in [0.15, 0.2) is 0 Å². The molecule has 1 aromatic rings. The second-order valence-corrected chi connectivity index (χ2v) is 3.59. The van der Waals surface area contributed by atoms with Crippen molar-refractivity contribution in [1.29, 1.82) is 5.26 Å². The molecule has 0 spiro atoms. The highest BCUT2D eigenvalue weighted by Crippen LogP contribution is 2.00. The second-order valence-electron chi connectivity index (χ2n) is 3.59. The molecule has 20 heavy (non-hydrogen) atoms. The molecular formula is C16H17NO3. The van der Waals surface area contributed by atoms with Gasteiger partial charge >= 0.3 is 5.97 Å². The maximum absolute atomic E-state index is 10.2. The van der Waals surface area contributed by atoms with Crippen molar-refractivity contribution in [2.75, 3.05) is 0 Å². The fraction of sp³-hybridized carbons (Fsp3) is 0.125. The van der Waals surface area contributed by atoms with Crippen LogP contribution in [0.3, 0.4) is 0 Å². The molecule has 0 saturated carbocycles. The summed E-state index contributed by atoms with van der Waals surface area (Å²) in [5.41, 5.74) is 1.41. The average molecular weight is 271 g/mol. The standard InChI is InChI=1S/C11H9N.C5H8O3/c12-10-6-2-5-9-11-7-3-1-4-8-11;1-3-4(2)5(6)8-7/h1-9H;7H,2-3H2,1H3. The zero-order chi connectivity index (χ0) is 15.2. The van der Waals surface area contributed by atoms with E-state index in [4.69, 9.17) is 10.5 Å². The number of hydrogen-bond acceptors (Lipinski definition) is 4. The van der Waals surface area contributed by atoms with Gasteiger partial charge in [0, 0.05) is 11.6 Å². The number of allylic oxidation sites excluding steroid dienone is 3. The lowest BCUT2D eigenvalue weighted by Crippen LogP contribution is -2.02. The molecule has 0 radical (unpaired) electrons. The molecule has 0 saturated heterocycles. The largest absolute Gasteiger partial charge is 0.368 e. The molecule has 0 aliphatic carbocycles. The number of benzene rings is 1. The molecule has 0 atom stereocenters. The van der Waals surface area contributed by atoms with Crippen molar-refractivity contribution in [1.82, 2.24) is 0 Å². The van der Waals surface area contributed by atoms with Crippen LogP contribution in [0.2, 0.25) is 0 Å². The minimum atomic E-state index is -0.757. The predicted molar refractivity (Wildman–Crippen MR) is 78.4 cm³/mol. The fourth-order valence-corrected chi connectivity index (χ4v) is 1.04. The van der Waals surface area contributed by atoms with Gasteiger partial charge in [-0.05, 0) is 12.0 Å². The third-order valence-corrected chi connectivity index (χ3v) is 2.17. The summed E-state index contributed by atoms with van der Waals surface area (Å²) in [6, 6.07) is 11.9. The van der Waals surface area contributed by atoms with E-state index in [9.17, 15) is 4.79 Å². The number of nitrogens with zero attached hydrogens (tertiary/aromatic N) is 1. The summed E-state index contributed by atoms with van der Waals surface area (Å²) in [4.78, 5) is 13.5. The molecule has 0 amide bonds. The Balaban J connectivity index is 0.000000396. The number of rotatable bonds is 4. The van der Waals surface area contributed by atoms with Crippen molar-refractivity contribution in [3.8, 4) is 6.07 Å². The third kappa shape index (κ3) is 8.45. The van der Waals surface area contributed by atoms with Gasteiger partial charge in [-0.15, -0.1) is 0 Å². The molecule has 0 aromatic heterocycles. The molecule has 104 valence electrons. The maximum atomic E-state index is 10.2. The van der Waals surface area contributed by atoms with Gasteiger partial charge in [-0.2, -0.15) is 10.5 Å². The SMILES string of the molecule is C=C(CC)C(=O)OO.N#CC=CC=Cc1ccccc1. The van der Waals surface area contributed by atoms with Gasteiger partial charge in [-0.25, -0.2) is 4.79 Å². The lowest BCUT2D eigenvalue weighted by atomic mass is 10.2. The summed E-state index contributed by atoms with van der Waals surface area (Å²) in [6.07, 6.45) is 7.46. The van der Waals surface area contributed by atoms with Gasteiger partial charge in [-0.3, -0.25) is 4.89 Å². The minimum Gasteiger partial charge on any atom is -0.296 e. The third-order valence-electron chi connectivity index (χ3n) is 2.17. The zero-order valence-corrected chi connectivity index (χ0v) is 11.3. The van der Waals surface area contributed by atoms with E-state index in [0.717, 1.165) is 5.56 Å². The van der Waals surface area contributed by atoms with Crippen molar-refractivity contribution < 1.29 is 14.9 Å². The first-order valence-electron chi connectivity index (χ1n) is 5.97. The van der Waals surface area contributed by atoms with Crippen molar-refractivity contribution >= 4 is 12.0 Å². The highest BCUT2D eigenvalue weighted by Gasteiger charge is 2.03. The van der Waals surface area contributed by atoms with Crippen LogP contribution in [0, 0.1) is 11.3 Å². The summed E-state index contributed by atoms with van der Waals surface area (Å²) in [5, 5.41) is 15.9. The lowest BCUT2D eigenvalue weighted by molar-refractivity contribution is -0.229. The Labute approximate surface area is 118 Å². The molecule has 0 fully saturated rings. The van der Waals surface area contributed by atoms with E-state index in [1.165, 1.54) is 6.08 Å².